The summed E-state index contributed by atoms with van der Waals surface area (Å²) in [6.45, 7) is 0. The number of nitrogens with zero attached hydrogens (tertiary/aromatic N) is 2. The van der Waals surface area contributed by atoms with Gasteiger partial charge < -0.3 is 4.57 Å². The van der Waals surface area contributed by atoms with Crippen molar-refractivity contribution in [3.05, 3.63) is 53.6 Å². The van der Waals surface area contributed by atoms with Crippen LogP contribution >= 0.6 is 0 Å². The Kier molecular flexibility index (Phi) is 2.37. The standard InChI is InChI=1S/C14H12N2O2/c1-16-7-12(15-8-16)14(18)11-6-9-4-2-3-5-10(9)13(11)17/h2-5,7-8,11H,6H2,1H3. The van der Waals surface area contributed by atoms with E-state index < -0.39 is 5.92 Å². The number of carbonyl (C=O) groups excluding carboxylic acids is 2. The van der Waals surface area contributed by atoms with Gasteiger partial charge in [-0.25, -0.2) is 4.98 Å². The number of carbonyl (C=O) groups is 2. The van der Waals surface area contributed by atoms with E-state index in [1.807, 2.05) is 18.2 Å². The van der Waals surface area contributed by atoms with E-state index in [4.69, 9.17) is 0 Å². The molecule has 0 saturated heterocycles. The highest BCUT2D eigenvalue weighted by atomic mass is 16.2. The third-order valence-corrected chi connectivity index (χ3v) is 3.30. The zero-order valence-electron chi connectivity index (χ0n) is 9.96. The topological polar surface area (TPSA) is 52.0 Å². The van der Waals surface area contributed by atoms with E-state index in [1.54, 1.807) is 30.2 Å². The van der Waals surface area contributed by atoms with Crippen LogP contribution in [0.25, 0.3) is 0 Å². The minimum atomic E-state index is -0.600. The van der Waals surface area contributed by atoms with Crippen LogP contribution < -0.4 is 0 Å². The van der Waals surface area contributed by atoms with Crippen molar-refractivity contribution >= 4 is 11.6 Å². The second-order valence-electron chi connectivity index (χ2n) is 4.57. The lowest BCUT2D eigenvalue weighted by molar-refractivity contribution is 0.0819. The third-order valence-electron chi connectivity index (χ3n) is 3.30. The first kappa shape index (κ1) is 10.9. The van der Waals surface area contributed by atoms with E-state index in [-0.39, 0.29) is 11.6 Å². The molecule has 0 aliphatic heterocycles. The van der Waals surface area contributed by atoms with Gasteiger partial charge in [-0.1, -0.05) is 24.3 Å². The summed E-state index contributed by atoms with van der Waals surface area (Å²) in [5.74, 6) is -0.865. The molecule has 0 spiro atoms. The zero-order valence-corrected chi connectivity index (χ0v) is 9.96. The lowest BCUT2D eigenvalue weighted by Gasteiger charge is -2.03. The fraction of sp³-hybridized carbons (Fsp3) is 0.214. The van der Waals surface area contributed by atoms with Crippen LogP contribution in [-0.2, 0) is 13.5 Å². The number of imidazole rings is 1. The number of Topliss-reactive ketones (excluding diaryl/α,β-unsaturated/α-hetero) is 2. The number of ketones is 2. The summed E-state index contributed by atoms with van der Waals surface area (Å²) in [4.78, 5) is 28.4. The maximum absolute atomic E-state index is 12.2. The molecule has 1 heterocycles. The Labute approximate surface area is 104 Å². The van der Waals surface area contributed by atoms with Crippen molar-refractivity contribution in [1.82, 2.24) is 9.55 Å². The molecule has 1 aromatic heterocycles. The lowest BCUT2D eigenvalue weighted by Crippen LogP contribution is -2.21. The van der Waals surface area contributed by atoms with Crippen LogP contribution in [0.5, 0.6) is 0 Å². The Morgan fingerprint density at radius 3 is 2.83 bits per heavy atom. The Morgan fingerprint density at radius 1 is 1.39 bits per heavy atom. The second-order valence-corrected chi connectivity index (χ2v) is 4.57. The highest BCUT2D eigenvalue weighted by Gasteiger charge is 2.36. The summed E-state index contributed by atoms with van der Waals surface area (Å²) in [6.07, 6.45) is 3.71. The Hall–Kier alpha value is -2.23. The van der Waals surface area contributed by atoms with Crippen molar-refractivity contribution < 1.29 is 9.59 Å². The predicted octanol–water partition coefficient (Wildman–Crippen LogP) is 1.66. The molecule has 1 unspecified atom stereocenters. The molecular weight excluding hydrogens is 228 g/mol. The van der Waals surface area contributed by atoms with Crippen molar-refractivity contribution in [3.63, 3.8) is 0 Å². The average Bonchev–Trinajstić information content (AvgIpc) is 2.94. The molecule has 90 valence electrons. The smallest absolute Gasteiger partial charge is 0.193 e. The van der Waals surface area contributed by atoms with Gasteiger partial charge in [0.1, 0.15) is 5.69 Å². The molecular formula is C14H12N2O2. The highest BCUT2D eigenvalue weighted by molar-refractivity contribution is 6.18. The molecule has 0 fully saturated rings. The predicted molar refractivity (Wildman–Crippen MR) is 65.5 cm³/mol. The first-order valence-electron chi connectivity index (χ1n) is 5.81. The van der Waals surface area contributed by atoms with Crippen molar-refractivity contribution in [1.29, 1.82) is 0 Å². The largest absolute Gasteiger partial charge is 0.340 e. The molecule has 0 saturated carbocycles. The van der Waals surface area contributed by atoms with E-state index >= 15 is 0 Å². The van der Waals surface area contributed by atoms with Crippen LogP contribution in [0.2, 0.25) is 0 Å². The fourth-order valence-electron chi connectivity index (χ4n) is 2.37. The Morgan fingerprint density at radius 2 is 2.17 bits per heavy atom. The number of hydrogen-bond donors (Lipinski definition) is 0. The summed E-state index contributed by atoms with van der Waals surface area (Å²) in [7, 11) is 1.80. The van der Waals surface area contributed by atoms with Gasteiger partial charge in [-0.15, -0.1) is 0 Å². The van der Waals surface area contributed by atoms with Crippen LogP contribution in [0, 0.1) is 5.92 Å². The van der Waals surface area contributed by atoms with E-state index in [9.17, 15) is 9.59 Å². The number of aryl methyl sites for hydroxylation is 1. The van der Waals surface area contributed by atoms with Gasteiger partial charge in [0.15, 0.2) is 11.6 Å². The average molecular weight is 240 g/mol. The quantitative estimate of drug-likeness (QED) is 0.592. The Balaban J connectivity index is 1.93. The van der Waals surface area contributed by atoms with Gasteiger partial charge in [-0.05, 0) is 12.0 Å². The molecule has 1 aromatic carbocycles. The van der Waals surface area contributed by atoms with Crippen LogP contribution in [-0.4, -0.2) is 21.1 Å². The molecule has 4 heteroatoms. The highest BCUT2D eigenvalue weighted by Crippen LogP contribution is 2.28. The summed E-state index contributed by atoms with van der Waals surface area (Å²) in [5.41, 5.74) is 1.99. The van der Waals surface area contributed by atoms with Crippen LogP contribution in [0.3, 0.4) is 0 Å². The summed E-state index contributed by atoms with van der Waals surface area (Å²) >= 11 is 0. The van der Waals surface area contributed by atoms with Crippen molar-refractivity contribution in [2.24, 2.45) is 13.0 Å². The molecule has 1 aliphatic carbocycles. The number of aromatic nitrogens is 2. The van der Waals surface area contributed by atoms with Gasteiger partial charge >= 0.3 is 0 Å². The van der Waals surface area contributed by atoms with Crippen molar-refractivity contribution in [2.75, 3.05) is 0 Å². The van der Waals surface area contributed by atoms with Gasteiger partial charge in [0.2, 0.25) is 0 Å². The van der Waals surface area contributed by atoms with Crippen LogP contribution in [0.1, 0.15) is 26.4 Å². The minimum Gasteiger partial charge on any atom is -0.340 e. The zero-order chi connectivity index (χ0) is 12.7. The van der Waals surface area contributed by atoms with Crippen LogP contribution in [0.4, 0.5) is 0 Å². The van der Waals surface area contributed by atoms with Gasteiger partial charge in [0.05, 0.1) is 12.2 Å². The van der Waals surface area contributed by atoms with Gasteiger partial charge in [-0.3, -0.25) is 9.59 Å². The number of hydrogen-bond acceptors (Lipinski definition) is 3. The molecule has 4 nitrogen and oxygen atoms in total. The Bertz CT molecular complexity index is 643. The van der Waals surface area contributed by atoms with Crippen molar-refractivity contribution in [2.45, 2.75) is 6.42 Å². The van der Waals surface area contributed by atoms with Gasteiger partial charge in [-0.2, -0.15) is 0 Å². The first-order valence-corrected chi connectivity index (χ1v) is 5.81. The number of rotatable bonds is 2. The maximum Gasteiger partial charge on any atom is 0.193 e. The van der Waals surface area contributed by atoms with E-state index in [2.05, 4.69) is 4.98 Å². The van der Waals surface area contributed by atoms with E-state index in [0.717, 1.165) is 5.56 Å². The normalized spacial score (nSPS) is 17.8. The van der Waals surface area contributed by atoms with E-state index in [0.29, 0.717) is 17.7 Å². The van der Waals surface area contributed by atoms with Gasteiger partial charge in [0.25, 0.3) is 0 Å². The summed E-state index contributed by atoms with van der Waals surface area (Å²) < 4.78 is 1.71. The van der Waals surface area contributed by atoms with Gasteiger partial charge in [0, 0.05) is 18.8 Å². The monoisotopic (exact) mass is 240 g/mol. The first-order chi connectivity index (χ1) is 8.66. The van der Waals surface area contributed by atoms with Crippen LogP contribution in [0.15, 0.2) is 36.8 Å². The second kappa shape index (κ2) is 3.91. The third kappa shape index (κ3) is 1.57. The molecule has 0 radical (unpaired) electrons. The minimum absolute atomic E-state index is 0.0822. The molecule has 3 rings (SSSR count). The van der Waals surface area contributed by atoms with Crippen molar-refractivity contribution in [3.8, 4) is 0 Å². The maximum atomic E-state index is 12.2. The molecule has 1 atom stereocenters. The summed E-state index contributed by atoms with van der Waals surface area (Å²) in [6, 6.07) is 7.40. The molecule has 0 N–H and O–H groups in total. The molecule has 0 bridgehead atoms. The molecule has 0 amide bonds. The number of benzene rings is 1. The number of fused-ring (bicyclic) bond motifs is 1. The summed E-state index contributed by atoms with van der Waals surface area (Å²) in [5, 5.41) is 0. The molecule has 1 aliphatic rings. The van der Waals surface area contributed by atoms with E-state index in [1.165, 1.54) is 0 Å². The molecule has 2 aromatic rings. The molecule has 18 heavy (non-hydrogen) atoms. The lowest BCUT2D eigenvalue weighted by atomic mass is 9.98. The SMILES string of the molecule is Cn1cnc(C(=O)C2Cc3ccccc3C2=O)c1. The fourth-order valence-corrected chi connectivity index (χ4v) is 2.37.